The molecule has 0 fully saturated rings. The van der Waals surface area contributed by atoms with Gasteiger partial charge in [0.25, 0.3) is 6.29 Å². The van der Waals surface area contributed by atoms with Crippen LogP contribution >= 0.6 is 0 Å². The van der Waals surface area contributed by atoms with Gasteiger partial charge < -0.3 is 20.8 Å². The van der Waals surface area contributed by atoms with Gasteiger partial charge in [0.2, 0.25) is 0 Å². The number of esters is 1. The first-order valence-electron chi connectivity index (χ1n) is 5.87. The van der Waals surface area contributed by atoms with E-state index in [9.17, 15) is 14.4 Å². The Hall–Kier alpha value is -2.74. The molecule has 0 aliphatic rings. The molecule has 0 bridgehead atoms. The Morgan fingerprint density at radius 3 is 2.43 bits per heavy atom. The van der Waals surface area contributed by atoms with Crippen LogP contribution in [-0.4, -0.2) is 40.3 Å². The molecule has 0 heterocycles. The van der Waals surface area contributed by atoms with Crippen LogP contribution in [0.25, 0.3) is 0 Å². The predicted molar refractivity (Wildman–Crippen MR) is 70.9 cm³/mol. The third kappa shape index (κ3) is 5.03. The van der Waals surface area contributed by atoms with Gasteiger partial charge in [0.1, 0.15) is 11.8 Å². The van der Waals surface area contributed by atoms with E-state index in [4.69, 9.17) is 20.8 Å². The summed E-state index contributed by atoms with van der Waals surface area (Å²) in [5.74, 6) is -1.61. The summed E-state index contributed by atoms with van der Waals surface area (Å²) in [6, 6.07) is 4.49. The minimum Gasteiger partial charge on any atom is -0.480 e. The molecule has 1 radical (unpaired) electrons. The van der Waals surface area contributed by atoms with E-state index in [-0.39, 0.29) is 24.3 Å². The van der Waals surface area contributed by atoms with Crippen LogP contribution in [0.2, 0.25) is 0 Å². The Balaban J connectivity index is 2.58. The van der Waals surface area contributed by atoms with Gasteiger partial charge in [-0.05, 0) is 30.7 Å². The summed E-state index contributed by atoms with van der Waals surface area (Å²) in [6.45, 7) is 0. The highest BCUT2D eigenvalue weighted by Crippen LogP contribution is 2.14. The number of hydrogen-bond donors (Lipinski definition) is 3. The van der Waals surface area contributed by atoms with Crippen molar-refractivity contribution in [3.8, 4) is 5.75 Å². The minimum atomic E-state index is -1.19. The van der Waals surface area contributed by atoms with Gasteiger partial charge in [-0.1, -0.05) is 5.16 Å². The summed E-state index contributed by atoms with van der Waals surface area (Å²) in [6.07, 6.45) is 1.27. The SMILES string of the molecule is N[C@H](CCC(=O)Oc1ccc(C([C]=O)=NO)cc1)C(=O)O. The van der Waals surface area contributed by atoms with E-state index in [0.29, 0.717) is 5.56 Å². The van der Waals surface area contributed by atoms with E-state index < -0.39 is 18.0 Å². The van der Waals surface area contributed by atoms with Crippen molar-refractivity contribution >= 4 is 23.9 Å². The van der Waals surface area contributed by atoms with E-state index >= 15 is 0 Å². The monoisotopic (exact) mass is 293 g/mol. The van der Waals surface area contributed by atoms with Crippen molar-refractivity contribution in [1.29, 1.82) is 0 Å². The molecule has 0 amide bonds. The van der Waals surface area contributed by atoms with Gasteiger partial charge in [0.05, 0.1) is 0 Å². The number of nitrogens with two attached hydrogens (primary N) is 1. The lowest BCUT2D eigenvalue weighted by Crippen LogP contribution is -2.31. The smallest absolute Gasteiger partial charge is 0.320 e. The number of hydrogen-bond acceptors (Lipinski definition) is 7. The maximum Gasteiger partial charge on any atom is 0.320 e. The van der Waals surface area contributed by atoms with Crippen molar-refractivity contribution in [2.75, 3.05) is 0 Å². The molecule has 0 unspecified atom stereocenters. The van der Waals surface area contributed by atoms with Gasteiger partial charge in [-0.15, -0.1) is 0 Å². The molecule has 0 aliphatic heterocycles. The van der Waals surface area contributed by atoms with E-state index in [1.165, 1.54) is 30.6 Å². The fourth-order valence-corrected chi connectivity index (χ4v) is 1.40. The van der Waals surface area contributed by atoms with Gasteiger partial charge in [-0.2, -0.15) is 0 Å². The van der Waals surface area contributed by atoms with Crippen molar-refractivity contribution in [3.05, 3.63) is 29.8 Å². The van der Waals surface area contributed by atoms with E-state index in [1.807, 2.05) is 0 Å². The quantitative estimate of drug-likeness (QED) is 0.212. The highest BCUT2D eigenvalue weighted by Gasteiger charge is 2.14. The van der Waals surface area contributed by atoms with Crippen LogP contribution in [0.4, 0.5) is 0 Å². The van der Waals surface area contributed by atoms with E-state index in [2.05, 4.69) is 5.16 Å². The molecule has 111 valence electrons. The third-order valence-electron chi connectivity index (χ3n) is 2.53. The Morgan fingerprint density at radius 1 is 1.33 bits per heavy atom. The summed E-state index contributed by atoms with van der Waals surface area (Å²) in [5, 5.41) is 19.9. The first-order valence-corrected chi connectivity index (χ1v) is 5.87. The summed E-state index contributed by atoms with van der Waals surface area (Å²) in [7, 11) is 0. The number of carbonyl (C=O) groups is 2. The van der Waals surface area contributed by atoms with Gasteiger partial charge in [0.15, 0.2) is 5.71 Å². The summed E-state index contributed by atoms with van der Waals surface area (Å²) >= 11 is 0. The van der Waals surface area contributed by atoms with Crippen molar-refractivity contribution in [2.24, 2.45) is 10.9 Å². The van der Waals surface area contributed by atoms with Crippen molar-refractivity contribution < 1.29 is 29.4 Å². The highest BCUT2D eigenvalue weighted by molar-refractivity contribution is 6.36. The molecule has 0 saturated carbocycles. The molecule has 4 N–H and O–H groups in total. The van der Waals surface area contributed by atoms with Crippen LogP contribution in [0, 0.1) is 0 Å². The average Bonchev–Trinajstić information content (AvgIpc) is 2.47. The number of carbonyl (C=O) groups excluding carboxylic acids is 2. The molecule has 1 atom stereocenters. The fourth-order valence-electron chi connectivity index (χ4n) is 1.40. The molecular formula is C13H13N2O6. The van der Waals surface area contributed by atoms with Crippen LogP contribution in [0.15, 0.2) is 29.4 Å². The zero-order chi connectivity index (χ0) is 15.8. The number of carboxylic acids is 1. The zero-order valence-corrected chi connectivity index (χ0v) is 10.9. The Kier molecular flexibility index (Phi) is 6.02. The first kappa shape index (κ1) is 16.3. The summed E-state index contributed by atoms with van der Waals surface area (Å²) < 4.78 is 4.96. The van der Waals surface area contributed by atoms with Crippen molar-refractivity contribution in [1.82, 2.24) is 0 Å². The van der Waals surface area contributed by atoms with Crippen molar-refractivity contribution in [2.45, 2.75) is 18.9 Å². The van der Waals surface area contributed by atoms with Crippen LogP contribution in [0.5, 0.6) is 5.75 Å². The van der Waals surface area contributed by atoms with Crippen LogP contribution in [0.3, 0.4) is 0 Å². The van der Waals surface area contributed by atoms with Gasteiger partial charge in [-0.25, -0.2) is 0 Å². The molecule has 0 aromatic heterocycles. The Labute approximate surface area is 119 Å². The van der Waals surface area contributed by atoms with Gasteiger partial charge >= 0.3 is 11.9 Å². The molecule has 0 saturated heterocycles. The minimum absolute atomic E-state index is 0.0341. The molecule has 1 aromatic carbocycles. The molecule has 21 heavy (non-hydrogen) atoms. The predicted octanol–water partition coefficient (Wildman–Crippen LogP) is 0.0721. The van der Waals surface area contributed by atoms with Crippen LogP contribution in [0.1, 0.15) is 18.4 Å². The van der Waals surface area contributed by atoms with E-state index in [0.717, 1.165) is 0 Å². The third-order valence-corrected chi connectivity index (χ3v) is 2.53. The highest BCUT2D eigenvalue weighted by atomic mass is 16.5. The maximum absolute atomic E-state index is 11.5. The normalized spacial score (nSPS) is 12.5. The molecule has 0 aliphatic carbocycles. The zero-order valence-electron chi connectivity index (χ0n) is 10.9. The van der Waals surface area contributed by atoms with Crippen molar-refractivity contribution in [3.63, 3.8) is 0 Å². The first-order chi connectivity index (χ1) is 9.97. The second-order valence-electron chi connectivity index (χ2n) is 4.03. The molecule has 1 aromatic rings. The van der Waals surface area contributed by atoms with Gasteiger partial charge in [0, 0.05) is 12.0 Å². The number of benzene rings is 1. The average molecular weight is 293 g/mol. The van der Waals surface area contributed by atoms with Crippen LogP contribution in [-0.2, 0) is 14.4 Å². The lowest BCUT2D eigenvalue weighted by molar-refractivity contribution is -0.139. The van der Waals surface area contributed by atoms with E-state index in [1.54, 1.807) is 0 Å². The second kappa shape index (κ2) is 7.75. The number of aliphatic carboxylic acids is 1. The van der Waals surface area contributed by atoms with Crippen LogP contribution < -0.4 is 10.5 Å². The number of nitrogens with zero attached hydrogens (tertiary/aromatic N) is 1. The second-order valence-corrected chi connectivity index (χ2v) is 4.03. The lowest BCUT2D eigenvalue weighted by atomic mass is 10.1. The number of oxime groups is 1. The Bertz CT molecular complexity index is 552. The fraction of sp³-hybridized carbons (Fsp3) is 0.231. The number of ether oxygens (including phenoxy) is 1. The standard InChI is InChI=1S/C13H13N2O6/c14-10(13(18)19)5-6-12(17)21-9-3-1-8(2-4-9)11(7-16)15-20/h1-4,10,20H,5-6,14H2,(H,18,19)/t10-/m1/s1. The summed E-state index contributed by atoms with van der Waals surface area (Å²) in [5.41, 5.74) is 5.29. The number of carboxylic acid groups (broad SMARTS) is 1. The molecule has 1 rings (SSSR count). The largest absolute Gasteiger partial charge is 0.480 e. The molecule has 0 spiro atoms. The summed E-state index contributed by atoms with van der Waals surface area (Å²) in [4.78, 5) is 32.4. The van der Waals surface area contributed by atoms with Gasteiger partial charge in [-0.3, -0.25) is 14.4 Å². The number of rotatable bonds is 7. The molecule has 8 heteroatoms. The molecular weight excluding hydrogens is 280 g/mol. The molecule has 8 nitrogen and oxygen atoms in total. The Morgan fingerprint density at radius 2 is 1.95 bits per heavy atom. The lowest BCUT2D eigenvalue weighted by Gasteiger charge is -2.07. The topological polar surface area (TPSA) is 139 Å². The maximum atomic E-state index is 11.5.